The Morgan fingerprint density at radius 3 is 2.12 bits per heavy atom. The Morgan fingerprint density at radius 2 is 1.52 bits per heavy atom. The molecule has 0 radical (unpaired) electrons. The summed E-state index contributed by atoms with van der Waals surface area (Å²) in [6.07, 6.45) is 4.38. The lowest BCUT2D eigenvalue weighted by Crippen LogP contribution is -2.44. The zero-order valence-corrected chi connectivity index (χ0v) is 18.6. The van der Waals surface area contributed by atoms with Gasteiger partial charge in [-0.15, -0.1) is 0 Å². The van der Waals surface area contributed by atoms with Crippen molar-refractivity contribution in [2.24, 2.45) is 12.1 Å². The highest BCUT2D eigenvalue weighted by Crippen LogP contribution is 2.17. The molecule has 4 rings (SSSR count). The third-order valence-corrected chi connectivity index (χ3v) is 5.65. The van der Waals surface area contributed by atoms with Crippen LogP contribution < -0.4 is 5.56 Å². The largest absolute Gasteiger partial charge is 0.378 e. The van der Waals surface area contributed by atoms with Gasteiger partial charge in [0.15, 0.2) is 5.71 Å². The number of ether oxygens (including phenoxy) is 2. The number of hydrogen-bond acceptors (Lipinski definition) is 7. The highest BCUT2D eigenvalue weighted by atomic mass is 16.5. The molecule has 3 aliphatic heterocycles. The van der Waals surface area contributed by atoms with Gasteiger partial charge >= 0.3 is 0 Å². The minimum atomic E-state index is -0.428. The van der Waals surface area contributed by atoms with Gasteiger partial charge in [0, 0.05) is 40.3 Å². The van der Waals surface area contributed by atoms with Crippen LogP contribution in [0.3, 0.4) is 0 Å². The summed E-state index contributed by atoms with van der Waals surface area (Å²) < 4.78 is 11.8. The number of allylic oxidation sites excluding steroid dienone is 2. The fourth-order valence-electron chi connectivity index (χ4n) is 3.80. The van der Waals surface area contributed by atoms with E-state index in [9.17, 15) is 19.2 Å². The fourth-order valence-corrected chi connectivity index (χ4v) is 3.80. The first-order chi connectivity index (χ1) is 15.9. The van der Waals surface area contributed by atoms with Crippen LogP contribution >= 0.6 is 0 Å². The maximum absolute atomic E-state index is 12.9. The van der Waals surface area contributed by atoms with Gasteiger partial charge < -0.3 is 19.3 Å². The summed E-state index contributed by atoms with van der Waals surface area (Å²) in [5, 5.41) is 8.01. The van der Waals surface area contributed by atoms with Gasteiger partial charge in [0.1, 0.15) is 5.69 Å². The molecule has 1 N–H and O–H groups in total. The first-order valence-electron chi connectivity index (χ1n) is 10.7. The SMILES string of the molecule is CN1N=C(C(=O)N2CCOCC2)/C(=C/C=C/c2c(C(=O)N3CCOCC3)[nH]n(C)c2=O)C1=O. The van der Waals surface area contributed by atoms with Crippen LogP contribution in [0.2, 0.25) is 0 Å². The smallest absolute Gasteiger partial charge is 0.276 e. The van der Waals surface area contributed by atoms with Crippen LogP contribution in [-0.4, -0.2) is 108 Å². The van der Waals surface area contributed by atoms with Crippen molar-refractivity contribution >= 4 is 29.5 Å². The lowest BCUT2D eigenvalue weighted by atomic mass is 10.1. The van der Waals surface area contributed by atoms with E-state index < -0.39 is 5.91 Å². The number of aromatic nitrogens is 2. The molecule has 33 heavy (non-hydrogen) atoms. The minimum Gasteiger partial charge on any atom is -0.378 e. The monoisotopic (exact) mass is 458 g/mol. The maximum atomic E-state index is 12.9. The van der Waals surface area contributed by atoms with Crippen molar-refractivity contribution < 1.29 is 23.9 Å². The highest BCUT2D eigenvalue weighted by molar-refractivity contribution is 6.52. The Labute approximate surface area is 189 Å². The number of aryl methyl sites for hydroxylation is 1. The molecule has 2 fully saturated rings. The minimum absolute atomic E-state index is 0.0423. The van der Waals surface area contributed by atoms with Crippen molar-refractivity contribution in [3.05, 3.63) is 39.3 Å². The molecular weight excluding hydrogens is 432 g/mol. The summed E-state index contributed by atoms with van der Waals surface area (Å²) in [6.45, 7) is 3.46. The lowest BCUT2D eigenvalue weighted by Gasteiger charge is -2.26. The zero-order valence-electron chi connectivity index (χ0n) is 18.6. The molecule has 4 heterocycles. The van der Waals surface area contributed by atoms with Crippen LogP contribution in [0.4, 0.5) is 0 Å². The molecular formula is C21H26N6O6. The summed E-state index contributed by atoms with van der Waals surface area (Å²) in [7, 11) is 3.00. The third-order valence-electron chi connectivity index (χ3n) is 5.65. The van der Waals surface area contributed by atoms with E-state index in [1.54, 1.807) is 9.80 Å². The van der Waals surface area contributed by atoms with E-state index in [0.29, 0.717) is 52.6 Å². The number of carbonyl (C=O) groups excluding carboxylic acids is 3. The Bertz CT molecular complexity index is 1100. The van der Waals surface area contributed by atoms with E-state index in [4.69, 9.17) is 9.47 Å². The molecule has 0 aliphatic carbocycles. The third kappa shape index (κ3) is 4.52. The molecule has 0 bridgehead atoms. The van der Waals surface area contributed by atoms with E-state index in [2.05, 4.69) is 10.2 Å². The number of likely N-dealkylation sites (N-methyl/N-ethyl adjacent to an activating group) is 1. The molecule has 1 aromatic heterocycles. The Balaban J connectivity index is 1.59. The normalized spacial score (nSPS) is 20.8. The van der Waals surface area contributed by atoms with Gasteiger partial charge in [0.25, 0.3) is 23.3 Å². The second-order valence-corrected chi connectivity index (χ2v) is 7.79. The quantitative estimate of drug-likeness (QED) is 0.565. The van der Waals surface area contributed by atoms with Crippen molar-refractivity contribution in [3.63, 3.8) is 0 Å². The van der Waals surface area contributed by atoms with Crippen LogP contribution in [0.15, 0.2) is 27.6 Å². The second kappa shape index (κ2) is 9.55. The molecule has 12 nitrogen and oxygen atoms in total. The number of H-pyrrole nitrogens is 1. The number of morpholine rings is 2. The van der Waals surface area contributed by atoms with Gasteiger partial charge in [-0.1, -0.05) is 6.08 Å². The van der Waals surface area contributed by atoms with Gasteiger partial charge in [-0.05, 0) is 12.2 Å². The molecule has 12 heteroatoms. The average molecular weight is 458 g/mol. The van der Waals surface area contributed by atoms with Crippen molar-refractivity contribution in [3.8, 4) is 0 Å². The second-order valence-electron chi connectivity index (χ2n) is 7.79. The van der Waals surface area contributed by atoms with Crippen molar-refractivity contribution in [1.29, 1.82) is 0 Å². The summed E-state index contributed by atoms with van der Waals surface area (Å²) in [5.41, 5.74) is 0.114. The van der Waals surface area contributed by atoms with Crippen molar-refractivity contribution in [1.82, 2.24) is 24.6 Å². The molecule has 0 spiro atoms. The first-order valence-corrected chi connectivity index (χ1v) is 10.7. The highest BCUT2D eigenvalue weighted by Gasteiger charge is 2.34. The summed E-state index contributed by atoms with van der Waals surface area (Å²) in [4.78, 5) is 54.2. The molecule has 3 aliphatic rings. The van der Waals surface area contributed by atoms with E-state index in [1.165, 1.54) is 37.0 Å². The molecule has 3 amide bonds. The van der Waals surface area contributed by atoms with Gasteiger partial charge in [-0.3, -0.25) is 29.0 Å². The maximum Gasteiger partial charge on any atom is 0.276 e. The number of carbonyl (C=O) groups is 3. The van der Waals surface area contributed by atoms with Crippen LogP contribution in [0, 0.1) is 0 Å². The number of hydrogen-bond donors (Lipinski definition) is 1. The first kappa shape index (κ1) is 22.7. The predicted molar refractivity (Wildman–Crippen MR) is 117 cm³/mol. The number of aromatic amines is 1. The van der Waals surface area contributed by atoms with E-state index in [0.717, 1.165) is 5.01 Å². The number of nitrogens with one attached hydrogen (secondary N) is 1. The number of hydrazone groups is 1. The Hall–Kier alpha value is -3.51. The summed E-state index contributed by atoms with van der Waals surface area (Å²) >= 11 is 0. The zero-order chi connectivity index (χ0) is 23.5. The number of nitrogens with zero attached hydrogens (tertiary/aromatic N) is 5. The molecule has 2 saturated heterocycles. The van der Waals surface area contributed by atoms with Gasteiger partial charge in [-0.25, -0.2) is 5.01 Å². The predicted octanol–water partition coefficient (Wildman–Crippen LogP) is -1.19. The van der Waals surface area contributed by atoms with Gasteiger partial charge in [0.05, 0.1) is 37.6 Å². The summed E-state index contributed by atoms with van der Waals surface area (Å²) in [6, 6.07) is 0. The van der Waals surface area contributed by atoms with Crippen molar-refractivity contribution in [2.45, 2.75) is 0 Å². The van der Waals surface area contributed by atoms with Crippen LogP contribution in [-0.2, 0) is 26.1 Å². The van der Waals surface area contributed by atoms with Crippen molar-refractivity contribution in [2.75, 3.05) is 59.7 Å². The average Bonchev–Trinajstić information content (AvgIpc) is 3.29. The standard InChI is InChI=1S/C21H26N6O6/c1-24-18(28)14(16(22-24)20(30)26-6-10-32-11-7-26)4-3-5-15-17(23-25(2)19(15)29)21(31)27-8-12-33-13-9-27/h3-5,22H,6-13H2,1-2H3/b4-3+,15-5-. The molecule has 176 valence electrons. The fraction of sp³-hybridized carbons (Fsp3) is 0.476. The summed E-state index contributed by atoms with van der Waals surface area (Å²) in [5.74, 6) is -1.08. The van der Waals surface area contributed by atoms with Crippen LogP contribution in [0.5, 0.6) is 0 Å². The molecule has 0 saturated carbocycles. The number of rotatable bonds is 4. The van der Waals surface area contributed by atoms with E-state index in [1.807, 2.05) is 0 Å². The molecule has 1 aromatic rings. The topological polar surface area (TPSA) is 130 Å². The van der Waals surface area contributed by atoms with E-state index >= 15 is 0 Å². The van der Waals surface area contributed by atoms with Crippen LogP contribution in [0.25, 0.3) is 6.08 Å². The molecule has 0 aromatic carbocycles. The Morgan fingerprint density at radius 1 is 0.939 bits per heavy atom. The number of amides is 3. The lowest BCUT2D eigenvalue weighted by molar-refractivity contribution is -0.128. The van der Waals surface area contributed by atoms with E-state index in [-0.39, 0.29) is 39.9 Å². The van der Waals surface area contributed by atoms with Gasteiger partial charge in [0.2, 0.25) is 0 Å². The van der Waals surface area contributed by atoms with Gasteiger partial charge in [-0.2, -0.15) is 5.10 Å². The Kier molecular flexibility index (Phi) is 6.56. The molecule has 0 unspecified atom stereocenters. The molecule has 0 atom stereocenters. The van der Waals surface area contributed by atoms with Crippen LogP contribution in [0.1, 0.15) is 16.1 Å².